The predicted molar refractivity (Wildman–Crippen MR) is 85.2 cm³/mol. The molecule has 2 aromatic heterocycles. The lowest BCUT2D eigenvalue weighted by Gasteiger charge is -2.05. The van der Waals surface area contributed by atoms with Crippen LogP contribution in [0, 0.1) is 0 Å². The van der Waals surface area contributed by atoms with E-state index in [1.54, 1.807) is 0 Å². The molecule has 0 spiro atoms. The largest absolute Gasteiger partial charge is 0.312 e. The Morgan fingerprint density at radius 2 is 2.00 bits per heavy atom. The van der Waals surface area contributed by atoms with Gasteiger partial charge < -0.3 is 5.32 Å². The molecule has 0 aliphatic heterocycles. The van der Waals surface area contributed by atoms with Gasteiger partial charge in [0.1, 0.15) is 0 Å². The third kappa shape index (κ3) is 4.12. The molecular formula is C16H23N3S. The van der Waals surface area contributed by atoms with Crippen LogP contribution in [0.2, 0.25) is 0 Å². The lowest BCUT2D eigenvalue weighted by Crippen LogP contribution is -2.14. The molecule has 1 N–H and O–H groups in total. The summed E-state index contributed by atoms with van der Waals surface area (Å²) in [5.74, 6) is 0.482. The number of nitrogens with zero attached hydrogens (tertiary/aromatic N) is 2. The van der Waals surface area contributed by atoms with Crippen molar-refractivity contribution in [3.05, 3.63) is 45.7 Å². The zero-order valence-corrected chi connectivity index (χ0v) is 13.3. The maximum Gasteiger partial charge on any atom is 0.0975 e. The molecule has 0 amide bonds. The molecule has 0 saturated heterocycles. The summed E-state index contributed by atoms with van der Waals surface area (Å²) in [5.41, 5.74) is 2.53. The highest BCUT2D eigenvalue weighted by Crippen LogP contribution is 2.26. The van der Waals surface area contributed by atoms with Gasteiger partial charge in [-0.1, -0.05) is 20.8 Å². The molecule has 0 saturated carbocycles. The Morgan fingerprint density at radius 1 is 1.25 bits per heavy atom. The van der Waals surface area contributed by atoms with Gasteiger partial charge >= 0.3 is 0 Å². The van der Waals surface area contributed by atoms with Crippen LogP contribution in [0.25, 0.3) is 0 Å². The Hall–Kier alpha value is -1.26. The second-order valence-electron chi connectivity index (χ2n) is 5.28. The molecule has 0 aliphatic carbocycles. The van der Waals surface area contributed by atoms with Gasteiger partial charge in [-0.2, -0.15) is 0 Å². The summed E-state index contributed by atoms with van der Waals surface area (Å²) in [5, 5.41) is 4.69. The van der Waals surface area contributed by atoms with Crippen molar-refractivity contribution in [2.75, 3.05) is 6.54 Å². The first-order chi connectivity index (χ1) is 9.70. The molecule has 0 aliphatic rings. The van der Waals surface area contributed by atoms with Crippen molar-refractivity contribution in [1.29, 1.82) is 0 Å². The van der Waals surface area contributed by atoms with E-state index >= 15 is 0 Å². The molecule has 0 fully saturated rings. The normalized spacial score (nSPS) is 11.2. The number of pyridine rings is 1. The summed E-state index contributed by atoms with van der Waals surface area (Å²) in [7, 11) is 0. The fourth-order valence-corrected chi connectivity index (χ4v) is 3.35. The van der Waals surface area contributed by atoms with Crippen LogP contribution in [0.15, 0.2) is 24.5 Å². The third-order valence-corrected chi connectivity index (χ3v) is 4.21. The van der Waals surface area contributed by atoms with Crippen LogP contribution in [-0.4, -0.2) is 16.5 Å². The lowest BCUT2D eigenvalue weighted by atomic mass is 10.1. The average Bonchev–Trinajstić information content (AvgIpc) is 2.83. The molecule has 0 bridgehead atoms. The van der Waals surface area contributed by atoms with Crippen molar-refractivity contribution in [3.63, 3.8) is 0 Å². The van der Waals surface area contributed by atoms with Crippen molar-refractivity contribution in [3.8, 4) is 0 Å². The summed E-state index contributed by atoms with van der Waals surface area (Å²) in [4.78, 5) is 10.3. The van der Waals surface area contributed by atoms with Crippen molar-refractivity contribution >= 4 is 11.3 Å². The van der Waals surface area contributed by atoms with Crippen LogP contribution in [-0.2, 0) is 13.0 Å². The van der Waals surface area contributed by atoms with Crippen LogP contribution < -0.4 is 5.32 Å². The van der Waals surface area contributed by atoms with Gasteiger partial charge in [0.2, 0.25) is 0 Å². The van der Waals surface area contributed by atoms with Crippen molar-refractivity contribution in [1.82, 2.24) is 15.3 Å². The quantitative estimate of drug-likeness (QED) is 0.789. The molecule has 4 heteroatoms. The first-order valence-corrected chi connectivity index (χ1v) is 8.10. The summed E-state index contributed by atoms with van der Waals surface area (Å²) < 4.78 is 0. The zero-order chi connectivity index (χ0) is 14.4. The van der Waals surface area contributed by atoms with Crippen LogP contribution in [0.3, 0.4) is 0 Å². The van der Waals surface area contributed by atoms with E-state index in [-0.39, 0.29) is 0 Å². The summed E-state index contributed by atoms with van der Waals surface area (Å²) in [6, 6.07) is 4.12. The van der Waals surface area contributed by atoms with Gasteiger partial charge in [0.25, 0.3) is 0 Å². The highest BCUT2D eigenvalue weighted by atomic mass is 32.1. The number of hydrogen-bond donors (Lipinski definition) is 1. The van der Waals surface area contributed by atoms with Crippen LogP contribution >= 0.6 is 11.3 Å². The SMILES string of the molecule is CCCNCc1sc(Cc2ccncc2)nc1C(C)C. The van der Waals surface area contributed by atoms with Gasteiger partial charge in [-0.15, -0.1) is 11.3 Å². The maximum absolute atomic E-state index is 4.84. The highest BCUT2D eigenvalue weighted by molar-refractivity contribution is 7.11. The first-order valence-electron chi connectivity index (χ1n) is 7.28. The topological polar surface area (TPSA) is 37.8 Å². The van der Waals surface area contributed by atoms with Gasteiger partial charge in [0.05, 0.1) is 10.7 Å². The summed E-state index contributed by atoms with van der Waals surface area (Å²) in [6.07, 6.45) is 5.76. The molecule has 2 heterocycles. The summed E-state index contributed by atoms with van der Waals surface area (Å²) >= 11 is 1.84. The molecule has 2 aromatic rings. The number of nitrogens with one attached hydrogen (secondary N) is 1. The summed E-state index contributed by atoms with van der Waals surface area (Å²) in [6.45, 7) is 8.63. The van der Waals surface area contributed by atoms with Crippen LogP contribution in [0.1, 0.15) is 54.3 Å². The van der Waals surface area contributed by atoms with Crippen LogP contribution in [0.4, 0.5) is 0 Å². The number of aromatic nitrogens is 2. The Labute approximate surface area is 125 Å². The Balaban J connectivity index is 2.12. The molecular weight excluding hydrogens is 266 g/mol. The fraction of sp³-hybridized carbons (Fsp3) is 0.500. The first kappa shape index (κ1) is 15.1. The monoisotopic (exact) mass is 289 g/mol. The fourth-order valence-electron chi connectivity index (χ4n) is 2.12. The van der Waals surface area contributed by atoms with Gasteiger partial charge in [0.15, 0.2) is 0 Å². The van der Waals surface area contributed by atoms with Gasteiger partial charge in [-0.3, -0.25) is 4.98 Å². The minimum Gasteiger partial charge on any atom is -0.312 e. The highest BCUT2D eigenvalue weighted by Gasteiger charge is 2.14. The number of hydrogen-bond acceptors (Lipinski definition) is 4. The Morgan fingerprint density at radius 3 is 2.65 bits per heavy atom. The van der Waals surface area contributed by atoms with E-state index in [4.69, 9.17) is 4.98 Å². The molecule has 0 aromatic carbocycles. The van der Waals surface area contributed by atoms with E-state index in [0.717, 1.165) is 19.5 Å². The standard InChI is InChI=1S/C16H23N3S/c1-4-7-18-11-14-16(12(2)3)19-15(20-14)10-13-5-8-17-9-6-13/h5-6,8-9,12,18H,4,7,10-11H2,1-3H3. The molecule has 2 rings (SSSR count). The zero-order valence-electron chi connectivity index (χ0n) is 12.5. The van der Waals surface area contributed by atoms with Gasteiger partial charge in [0, 0.05) is 30.2 Å². The van der Waals surface area contributed by atoms with Crippen molar-refractivity contribution in [2.24, 2.45) is 0 Å². The second-order valence-corrected chi connectivity index (χ2v) is 6.45. The predicted octanol–water partition coefficient (Wildman–Crippen LogP) is 3.75. The Kier molecular flexibility index (Phi) is 5.68. The minimum atomic E-state index is 0.482. The molecule has 3 nitrogen and oxygen atoms in total. The number of rotatable bonds is 7. The lowest BCUT2D eigenvalue weighted by molar-refractivity contribution is 0.670. The van der Waals surface area contributed by atoms with E-state index in [9.17, 15) is 0 Å². The van der Waals surface area contributed by atoms with E-state index in [2.05, 4.69) is 43.2 Å². The average molecular weight is 289 g/mol. The van der Waals surface area contributed by atoms with E-state index in [0.29, 0.717) is 5.92 Å². The number of thiazole rings is 1. The van der Waals surface area contributed by atoms with E-state index < -0.39 is 0 Å². The third-order valence-electron chi connectivity index (χ3n) is 3.14. The van der Waals surface area contributed by atoms with Crippen molar-refractivity contribution < 1.29 is 0 Å². The molecule has 20 heavy (non-hydrogen) atoms. The Bertz CT molecular complexity index is 520. The maximum atomic E-state index is 4.84. The molecule has 0 radical (unpaired) electrons. The van der Waals surface area contributed by atoms with Gasteiger partial charge in [-0.25, -0.2) is 4.98 Å². The van der Waals surface area contributed by atoms with E-state index in [1.807, 2.05) is 23.7 Å². The van der Waals surface area contributed by atoms with E-state index in [1.165, 1.54) is 27.6 Å². The van der Waals surface area contributed by atoms with Crippen molar-refractivity contribution in [2.45, 2.75) is 46.1 Å². The van der Waals surface area contributed by atoms with Gasteiger partial charge in [-0.05, 0) is 36.6 Å². The smallest absolute Gasteiger partial charge is 0.0975 e. The molecule has 0 atom stereocenters. The minimum absolute atomic E-state index is 0.482. The van der Waals surface area contributed by atoms with Crippen LogP contribution in [0.5, 0.6) is 0 Å². The molecule has 108 valence electrons. The second kappa shape index (κ2) is 7.50. The molecule has 0 unspecified atom stereocenters.